The van der Waals surface area contributed by atoms with Crippen LogP contribution in [0.3, 0.4) is 0 Å². The van der Waals surface area contributed by atoms with Gasteiger partial charge in [-0.1, -0.05) is 72.8 Å². The first-order valence-electron chi connectivity index (χ1n) is 6.26. The van der Waals surface area contributed by atoms with Gasteiger partial charge in [0.15, 0.2) is 0 Å². The lowest BCUT2D eigenvalue weighted by Gasteiger charge is -2.29. The molecule has 0 amide bonds. The summed E-state index contributed by atoms with van der Waals surface area (Å²) >= 11 is 6.31. The Labute approximate surface area is 113 Å². The molecule has 2 aromatic rings. The Kier molecular flexibility index (Phi) is 2.97. The van der Waals surface area contributed by atoms with E-state index in [0.29, 0.717) is 0 Å². The molecule has 1 heteroatoms. The molecule has 2 aromatic carbocycles. The number of hydrogen-bond donors (Lipinski definition) is 0. The molecule has 0 fully saturated rings. The smallest absolute Gasteiger partial charge is 0.0531 e. The molecule has 0 spiro atoms. The predicted molar refractivity (Wildman–Crippen MR) is 77.1 cm³/mol. The molecule has 1 atom stereocenters. The Morgan fingerprint density at radius 3 is 1.72 bits per heavy atom. The molecule has 1 aliphatic carbocycles. The van der Waals surface area contributed by atoms with Crippen LogP contribution in [0.15, 0.2) is 72.8 Å². The second kappa shape index (κ2) is 4.62. The maximum Gasteiger partial charge on any atom is 0.0531 e. The minimum Gasteiger partial charge on any atom is -0.118 e. The van der Waals surface area contributed by atoms with Gasteiger partial charge in [-0.3, -0.25) is 0 Å². The summed E-state index contributed by atoms with van der Waals surface area (Å²) in [4.78, 5) is 0. The maximum atomic E-state index is 6.31. The fourth-order valence-corrected chi connectivity index (χ4v) is 3.09. The van der Waals surface area contributed by atoms with E-state index in [0.717, 1.165) is 6.42 Å². The maximum absolute atomic E-state index is 6.31. The zero-order valence-corrected chi connectivity index (χ0v) is 10.8. The van der Waals surface area contributed by atoms with Gasteiger partial charge in [-0.2, -0.15) is 0 Å². The third-order valence-electron chi connectivity index (χ3n) is 3.68. The van der Waals surface area contributed by atoms with Gasteiger partial charge in [-0.15, -0.1) is 11.6 Å². The van der Waals surface area contributed by atoms with E-state index in [1.54, 1.807) is 0 Å². The van der Waals surface area contributed by atoms with Crippen molar-refractivity contribution in [2.75, 3.05) is 0 Å². The average molecular weight is 255 g/mol. The number of allylic oxidation sites excluding steroid dienone is 2. The highest BCUT2D eigenvalue weighted by molar-refractivity contribution is 6.22. The second-order valence-electron chi connectivity index (χ2n) is 4.78. The van der Waals surface area contributed by atoms with Crippen LogP contribution in [0.4, 0.5) is 0 Å². The highest BCUT2D eigenvalue weighted by Crippen LogP contribution is 2.43. The quantitative estimate of drug-likeness (QED) is 0.545. The molecule has 0 aromatic heterocycles. The van der Waals surface area contributed by atoms with Crippen molar-refractivity contribution in [3.05, 3.63) is 83.9 Å². The van der Waals surface area contributed by atoms with Gasteiger partial charge in [-0.05, 0) is 17.5 Å². The molecule has 18 heavy (non-hydrogen) atoms. The summed E-state index contributed by atoms with van der Waals surface area (Å²) in [5, 5.41) is 0.116. The summed E-state index contributed by atoms with van der Waals surface area (Å²) in [7, 11) is 0. The summed E-state index contributed by atoms with van der Waals surface area (Å²) in [6.07, 6.45) is 5.31. The number of hydrogen-bond acceptors (Lipinski definition) is 0. The minimum atomic E-state index is -0.0606. The first-order valence-corrected chi connectivity index (χ1v) is 6.69. The van der Waals surface area contributed by atoms with Crippen molar-refractivity contribution in [2.24, 2.45) is 0 Å². The monoisotopic (exact) mass is 254 g/mol. The van der Waals surface area contributed by atoms with Gasteiger partial charge >= 0.3 is 0 Å². The number of halogens is 1. The third kappa shape index (κ3) is 1.87. The number of benzene rings is 2. The Balaban J connectivity index is 2.15. The van der Waals surface area contributed by atoms with Crippen LogP contribution in [0, 0.1) is 0 Å². The van der Waals surface area contributed by atoms with Gasteiger partial charge in [0.2, 0.25) is 0 Å². The molecule has 0 heterocycles. The Hall–Kier alpha value is -1.53. The predicted octanol–water partition coefficient (Wildman–Crippen LogP) is 4.54. The average Bonchev–Trinajstić information content (AvgIpc) is 2.84. The van der Waals surface area contributed by atoms with Crippen molar-refractivity contribution < 1.29 is 0 Å². The van der Waals surface area contributed by atoms with Crippen LogP contribution in [-0.4, -0.2) is 5.38 Å². The second-order valence-corrected chi connectivity index (χ2v) is 5.34. The molecule has 0 saturated heterocycles. The highest BCUT2D eigenvalue weighted by atomic mass is 35.5. The standard InChI is InChI=1S/C17H15Cl/c18-16-11-12-17(13-16,14-7-3-1-4-8-14)15-9-5-2-6-10-15/h1-12,16H,13H2. The van der Waals surface area contributed by atoms with Gasteiger partial charge in [0.05, 0.1) is 5.38 Å². The van der Waals surface area contributed by atoms with E-state index in [2.05, 4.69) is 72.8 Å². The van der Waals surface area contributed by atoms with Crippen molar-refractivity contribution in [1.29, 1.82) is 0 Å². The van der Waals surface area contributed by atoms with Crippen molar-refractivity contribution in [2.45, 2.75) is 17.2 Å². The van der Waals surface area contributed by atoms with Crippen molar-refractivity contribution in [3.63, 3.8) is 0 Å². The number of rotatable bonds is 2. The van der Waals surface area contributed by atoms with E-state index in [9.17, 15) is 0 Å². The van der Waals surface area contributed by atoms with Crippen LogP contribution in [-0.2, 0) is 5.41 Å². The Morgan fingerprint density at radius 2 is 1.33 bits per heavy atom. The first kappa shape index (κ1) is 11.6. The molecule has 0 aliphatic heterocycles. The summed E-state index contributed by atoms with van der Waals surface area (Å²) in [6, 6.07) is 21.2. The molecule has 0 radical (unpaired) electrons. The summed E-state index contributed by atoms with van der Waals surface area (Å²) < 4.78 is 0. The molecular weight excluding hydrogens is 240 g/mol. The van der Waals surface area contributed by atoms with E-state index in [1.807, 2.05) is 0 Å². The van der Waals surface area contributed by atoms with Gasteiger partial charge < -0.3 is 0 Å². The number of alkyl halides is 1. The molecule has 90 valence electrons. The fourth-order valence-electron chi connectivity index (χ4n) is 2.78. The van der Waals surface area contributed by atoms with Crippen LogP contribution in [0.5, 0.6) is 0 Å². The van der Waals surface area contributed by atoms with E-state index >= 15 is 0 Å². The highest BCUT2D eigenvalue weighted by Gasteiger charge is 2.36. The normalized spacial score (nSPS) is 21.1. The molecule has 0 nitrogen and oxygen atoms in total. The molecule has 0 N–H and O–H groups in total. The van der Waals surface area contributed by atoms with Crippen molar-refractivity contribution in [1.82, 2.24) is 0 Å². The molecule has 1 unspecified atom stereocenters. The van der Waals surface area contributed by atoms with Crippen LogP contribution in [0.2, 0.25) is 0 Å². The fraction of sp³-hybridized carbons (Fsp3) is 0.176. The van der Waals surface area contributed by atoms with Crippen molar-refractivity contribution >= 4 is 11.6 Å². The SMILES string of the molecule is ClC1C=CC(c2ccccc2)(c2ccccc2)C1. The molecule has 1 aliphatic rings. The topological polar surface area (TPSA) is 0 Å². The molecular formula is C17H15Cl. The van der Waals surface area contributed by atoms with E-state index in [-0.39, 0.29) is 10.8 Å². The lowest BCUT2D eigenvalue weighted by atomic mass is 9.74. The van der Waals surface area contributed by atoms with Crippen LogP contribution >= 0.6 is 11.6 Å². The van der Waals surface area contributed by atoms with E-state index < -0.39 is 0 Å². The van der Waals surface area contributed by atoms with Gasteiger partial charge in [0.1, 0.15) is 0 Å². The molecule has 0 saturated carbocycles. The summed E-state index contributed by atoms with van der Waals surface area (Å²) in [6.45, 7) is 0. The lowest BCUT2D eigenvalue weighted by Crippen LogP contribution is -2.24. The summed E-state index contributed by atoms with van der Waals surface area (Å²) in [5.41, 5.74) is 2.57. The Morgan fingerprint density at radius 1 is 0.833 bits per heavy atom. The van der Waals surface area contributed by atoms with Gasteiger partial charge in [0.25, 0.3) is 0 Å². The van der Waals surface area contributed by atoms with Gasteiger partial charge in [-0.25, -0.2) is 0 Å². The minimum absolute atomic E-state index is 0.0606. The first-order chi connectivity index (χ1) is 8.81. The van der Waals surface area contributed by atoms with Crippen molar-refractivity contribution in [3.8, 4) is 0 Å². The molecule has 3 rings (SSSR count). The van der Waals surface area contributed by atoms with Gasteiger partial charge in [0, 0.05) is 5.41 Å². The van der Waals surface area contributed by atoms with Crippen LogP contribution in [0.1, 0.15) is 17.5 Å². The Bertz CT molecular complexity index is 503. The van der Waals surface area contributed by atoms with Crippen LogP contribution < -0.4 is 0 Å². The van der Waals surface area contributed by atoms with E-state index in [1.165, 1.54) is 11.1 Å². The largest absolute Gasteiger partial charge is 0.118 e. The molecule has 0 bridgehead atoms. The zero-order valence-electron chi connectivity index (χ0n) is 10.1. The van der Waals surface area contributed by atoms with Crippen LogP contribution in [0.25, 0.3) is 0 Å². The van der Waals surface area contributed by atoms with E-state index in [4.69, 9.17) is 11.6 Å². The zero-order chi connectivity index (χ0) is 12.4. The third-order valence-corrected chi connectivity index (χ3v) is 3.98. The summed E-state index contributed by atoms with van der Waals surface area (Å²) in [5.74, 6) is 0. The lowest BCUT2D eigenvalue weighted by molar-refractivity contribution is 0.626.